The van der Waals surface area contributed by atoms with Crippen LogP contribution in [0.4, 0.5) is 0 Å². The summed E-state index contributed by atoms with van der Waals surface area (Å²) in [5.74, 6) is 2.57. The van der Waals surface area contributed by atoms with Gasteiger partial charge in [0.15, 0.2) is 0 Å². The van der Waals surface area contributed by atoms with Gasteiger partial charge in [-0.2, -0.15) is 11.8 Å². The van der Waals surface area contributed by atoms with Crippen LogP contribution in [0.5, 0.6) is 0 Å². The van der Waals surface area contributed by atoms with E-state index in [4.69, 9.17) is 0 Å². The Morgan fingerprint density at radius 1 is 1.57 bits per heavy atom. The molecule has 1 aliphatic rings. The molecule has 2 rings (SSSR count). The minimum atomic E-state index is 0.203. The lowest BCUT2D eigenvalue weighted by Crippen LogP contribution is -2.22. The summed E-state index contributed by atoms with van der Waals surface area (Å²) >= 11 is 1.90. The molecule has 3 nitrogen and oxygen atoms in total. The molecule has 0 radical (unpaired) electrons. The van der Waals surface area contributed by atoms with Gasteiger partial charge in [-0.05, 0) is 18.1 Å². The van der Waals surface area contributed by atoms with Crippen molar-refractivity contribution < 1.29 is 0 Å². The number of hydrogen-bond acceptors (Lipinski definition) is 2. The molecular formula is C10H16N2OS. The van der Waals surface area contributed by atoms with Gasteiger partial charge in [-0.3, -0.25) is 14.6 Å². The van der Waals surface area contributed by atoms with Crippen molar-refractivity contribution in [2.24, 2.45) is 5.92 Å². The van der Waals surface area contributed by atoms with Crippen molar-refractivity contribution >= 4 is 11.8 Å². The average Bonchev–Trinajstić information content (AvgIpc) is 2.44. The van der Waals surface area contributed by atoms with Gasteiger partial charge in [0.05, 0.1) is 5.69 Å². The largest absolute Gasteiger partial charge is 0.299 e. The first-order chi connectivity index (χ1) is 6.68. The van der Waals surface area contributed by atoms with Crippen LogP contribution in [0.1, 0.15) is 25.1 Å². The number of aromatic amines is 1. The molecule has 1 N–H and O–H groups in total. The van der Waals surface area contributed by atoms with Crippen LogP contribution in [-0.4, -0.2) is 15.5 Å². The van der Waals surface area contributed by atoms with E-state index in [1.54, 1.807) is 4.68 Å². The first kappa shape index (κ1) is 9.90. The Labute approximate surface area is 87.9 Å². The van der Waals surface area contributed by atoms with Gasteiger partial charge in [0, 0.05) is 17.9 Å². The van der Waals surface area contributed by atoms with Gasteiger partial charge in [-0.1, -0.05) is 13.8 Å². The third-order valence-electron chi connectivity index (χ3n) is 2.43. The summed E-state index contributed by atoms with van der Waals surface area (Å²) < 4.78 is 1.77. The Hall–Kier alpha value is -0.640. The lowest BCUT2D eigenvalue weighted by Gasteiger charge is -2.07. The summed E-state index contributed by atoms with van der Waals surface area (Å²) in [4.78, 5) is 11.9. The highest BCUT2D eigenvalue weighted by molar-refractivity contribution is 7.98. The lowest BCUT2D eigenvalue weighted by atomic mass is 10.2. The van der Waals surface area contributed by atoms with E-state index in [1.165, 1.54) is 0 Å². The molecule has 0 saturated heterocycles. The van der Waals surface area contributed by atoms with E-state index in [1.807, 2.05) is 11.8 Å². The molecule has 2 heterocycles. The third kappa shape index (κ3) is 1.75. The fourth-order valence-corrected chi connectivity index (χ4v) is 2.73. The fraction of sp³-hybridized carbons (Fsp3) is 0.700. The maximum absolute atomic E-state index is 11.9. The Morgan fingerprint density at radius 3 is 3.00 bits per heavy atom. The smallest absolute Gasteiger partial charge is 0.269 e. The number of rotatable bonds is 2. The zero-order valence-electron chi connectivity index (χ0n) is 8.67. The van der Waals surface area contributed by atoms with Crippen LogP contribution in [0.2, 0.25) is 0 Å². The minimum Gasteiger partial charge on any atom is -0.299 e. The molecule has 0 bridgehead atoms. The first-order valence-corrected chi connectivity index (χ1v) is 6.22. The number of nitrogens with one attached hydrogen (secondary N) is 1. The second-order valence-electron chi connectivity index (χ2n) is 4.18. The molecule has 0 spiro atoms. The number of aromatic nitrogens is 2. The van der Waals surface area contributed by atoms with E-state index in [-0.39, 0.29) is 5.56 Å². The number of H-pyrrole nitrogens is 1. The van der Waals surface area contributed by atoms with E-state index in [0.717, 1.165) is 35.7 Å². The number of fused-ring (bicyclic) bond motifs is 1. The quantitative estimate of drug-likeness (QED) is 0.809. The molecule has 1 aliphatic heterocycles. The summed E-state index contributed by atoms with van der Waals surface area (Å²) in [6, 6.07) is 0. The van der Waals surface area contributed by atoms with Gasteiger partial charge in [0.1, 0.15) is 0 Å². The summed E-state index contributed by atoms with van der Waals surface area (Å²) in [7, 11) is 0. The van der Waals surface area contributed by atoms with Crippen molar-refractivity contribution in [1.29, 1.82) is 0 Å². The van der Waals surface area contributed by atoms with Crippen LogP contribution in [-0.2, 0) is 18.7 Å². The van der Waals surface area contributed by atoms with Gasteiger partial charge < -0.3 is 0 Å². The molecule has 0 fully saturated rings. The topological polar surface area (TPSA) is 37.8 Å². The fourth-order valence-electron chi connectivity index (χ4n) is 1.79. The second-order valence-corrected chi connectivity index (χ2v) is 5.29. The van der Waals surface area contributed by atoms with Gasteiger partial charge >= 0.3 is 0 Å². The third-order valence-corrected chi connectivity index (χ3v) is 3.41. The average molecular weight is 212 g/mol. The Bertz CT molecular complexity index is 378. The number of hydrogen-bond donors (Lipinski definition) is 1. The summed E-state index contributed by atoms with van der Waals surface area (Å²) in [5.41, 5.74) is 2.37. The van der Waals surface area contributed by atoms with Crippen molar-refractivity contribution in [3.63, 3.8) is 0 Å². The second kappa shape index (κ2) is 3.85. The highest BCUT2D eigenvalue weighted by Crippen LogP contribution is 2.20. The highest BCUT2D eigenvalue weighted by atomic mass is 32.2. The van der Waals surface area contributed by atoms with Crippen LogP contribution >= 0.6 is 11.8 Å². The number of nitrogens with zero attached hydrogens (tertiary/aromatic N) is 1. The van der Waals surface area contributed by atoms with Gasteiger partial charge in [0.25, 0.3) is 5.56 Å². The molecule has 0 amide bonds. The Morgan fingerprint density at radius 2 is 2.36 bits per heavy atom. The van der Waals surface area contributed by atoms with E-state index in [9.17, 15) is 4.79 Å². The SMILES string of the molecule is CC(C)Cn1[nH]c2c(c1=O)CCSC2. The maximum atomic E-state index is 11.9. The van der Waals surface area contributed by atoms with Gasteiger partial charge in [0.2, 0.25) is 0 Å². The van der Waals surface area contributed by atoms with Crippen LogP contribution in [0.3, 0.4) is 0 Å². The molecule has 4 heteroatoms. The molecule has 0 saturated carbocycles. The monoisotopic (exact) mass is 212 g/mol. The van der Waals surface area contributed by atoms with Gasteiger partial charge in [-0.15, -0.1) is 0 Å². The standard InChI is InChI=1S/C10H16N2OS/c1-7(2)5-12-10(13)8-3-4-14-6-9(8)11-12/h7,11H,3-6H2,1-2H3. The molecule has 1 aromatic heterocycles. The zero-order chi connectivity index (χ0) is 10.1. The van der Waals surface area contributed by atoms with Crippen LogP contribution in [0, 0.1) is 5.92 Å². The summed E-state index contributed by atoms with van der Waals surface area (Å²) in [5, 5.41) is 3.22. The molecular weight excluding hydrogens is 196 g/mol. The van der Waals surface area contributed by atoms with Crippen molar-refractivity contribution in [3.05, 3.63) is 21.6 Å². The van der Waals surface area contributed by atoms with E-state index in [0.29, 0.717) is 5.92 Å². The molecule has 1 aromatic rings. The van der Waals surface area contributed by atoms with Gasteiger partial charge in [-0.25, -0.2) is 0 Å². The van der Waals surface area contributed by atoms with Crippen molar-refractivity contribution in [2.45, 2.75) is 32.6 Å². The molecule has 0 atom stereocenters. The molecule has 0 aromatic carbocycles. The molecule has 78 valence electrons. The Balaban J connectivity index is 2.34. The highest BCUT2D eigenvalue weighted by Gasteiger charge is 2.17. The van der Waals surface area contributed by atoms with Crippen LogP contribution < -0.4 is 5.56 Å². The minimum absolute atomic E-state index is 0.203. The van der Waals surface area contributed by atoms with E-state index in [2.05, 4.69) is 18.9 Å². The predicted octanol–water partition coefficient (Wildman–Crippen LogP) is 1.62. The molecule has 0 aliphatic carbocycles. The molecule has 0 unspecified atom stereocenters. The maximum Gasteiger partial charge on any atom is 0.269 e. The van der Waals surface area contributed by atoms with Crippen LogP contribution in [0.15, 0.2) is 4.79 Å². The van der Waals surface area contributed by atoms with Crippen molar-refractivity contribution in [3.8, 4) is 0 Å². The van der Waals surface area contributed by atoms with E-state index >= 15 is 0 Å². The normalized spacial score (nSPS) is 15.9. The van der Waals surface area contributed by atoms with E-state index < -0.39 is 0 Å². The first-order valence-electron chi connectivity index (χ1n) is 5.06. The lowest BCUT2D eigenvalue weighted by molar-refractivity contribution is 0.470. The number of thioether (sulfide) groups is 1. The van der Waals surface area contributed by atoms with Crippen LogP contribution in [0.25, 0.3) is 0 Å². The van der Waals surface area contributed by atoms with Crippen molar-refractivity contribution in [2.75, 3.05) is 5.75 Å². The zero-order valence-corrected chi connectivity index (χ0v) is 9.49. The molecule has 14 heavy (non-hydrogen) atoms. The summed E-state index contributed by atoms with van der Waals surface area (Å²) in [6.45, 7) is 5.05. The predicted molar refractivity (Wildman–Crippen MR) is 59.8 cm³/mol. The Kier molecular flexibility index (Phi) is 2.72. The summed E-state index contributed by atoms with van der Waals surface area (Å²) in [6.07, 6.45) is 0.931. The van der Waals surface area contributed by atoms with Crippen molar-refractivity contribution in [1.82, 2.24) is 9.78 Å².